The summed E-state index contributed by atoms with van der Waals surface area (Å²) in [4.78, 5) is 21.9. The van der Waals surface area contributed by atoms with Crippen molar-refractivity contribution < 1.29 is 4.79 Å². The van der Waals surface area contributed by atoms with Gasteiger partial charge < -0.3 is 20.9 Å². The fourth-order valence-corrected chi connectivity index (χ4v) is 5.12. The van der Waals surface area contributed by atoms with Crippen molar-refractivity contribution in [3.8, 4) is 0 Å². The third kappa shape index (κ3) is 6.36. The summed E-state index contributed by atoms with van der Waals surface area (Å²) in [7, 11) is 2.16. The Morgan fingerprint density at radius 2 is 1.77 bits per heavy atom. The van der Waals surface area contributed by atoms with E-state index in [1.54, 1.807) is 0 Å². The van der Waals surface area contributed by atoms with Crippen LogP contribution in [0.1, 0.15) is 37.7 Å². The van der Waals surface area contributed by atoms with Crippen LogP contribution in [0.3, 0.4) is 0 Å². The molecule has 4 rings (SSSR count). The van der Waals surface area contributed by atoms with Gasteiger partial charge in [-0.25, -0.2) is 4.98 Å². The second-order valence-corrected chi connectivity index (χ2v) is 8.73. The van der Waals surface area contributed by atoms with Crippen molar-refractivity contribution in [3.05, 3.63) is 23.9 Å². The molecule has 3 fully saturated rings. The summed E-state index contributed by atoms with van der Waals surface area (Å²) in [6.07, 6.45) is 7.46. The first-order valence-corrected chi connectivity index (χ1v) is 10.5. The number of nitrogens with zero attached hydrogens (tertiary/aromatic N) is 3. The summed E-state index contributed by atoms with van der Waals surface area (Å²) >= 11 is 0. The van der Waals surface area contributed by atoms with Crippen molar-refractivity contribution >= 4 is 48.9 Å². The Hall–Kier alpha value is -0.790. The summed E-state index contributed by atoms with van der Waals surface area (Å²) in [6, 6.07) is 4.44. The third-order valence-corrected chi connectivity index (χ3v) is 6.89. The van der Waals surface area contributed by atoms with E-state index in [2.05, 4.69) is 33.2 Å². The SMILES string of the molecule is CN1CCN(c2cc(CNC(=O)C3CC4CCCC(C3)C4N)ccn2)CC1.Cl.Cl.Cl. The number of amides is 1. The standard InChI is InChI=1S/C21H33N5O.3ClH/c1-25-7-9-26(10-8-25)19-11-15(5-6-23-19)14-24-21(27)18-12-16-3-2-4-17(13-18)20(16)22;;;/h5-6,11,16-18,20H,2-4,7-10,12-14,22H2,1H3,(H,24,27);3*1H. The zero-order valence-corrected chi connectivity index (χ0v) is 20.1. The lowest BCUT2D eigenvalue weighted by Crippen LogP contribution is -2.49. The zero-order chi connectivity index (χ0) is 18.8. The highest BCUT2D eigenvalue weighted by molar-refractivity contribution is 5.86. The second kappa shape index (κ2) is 12.3. The van der Waals surface area contributed by atoms with Crippen molar-refractivity contribution in [3.63, 3.8) is 0 Å². The van der Waals surface area contributed by atoms with Crippen molar-refractivity contribution in [2.45, 2.75) is 44.7 Å². The van der Waals surface area contributed by atoms with Crippen LogP contribution in [-0.4, -0.2) is 55.1 Å². The predicted molar refractivity (Wildman–Crippen MR) is 129 cm³/mol. The van der Waals surface area contributed by atoms with Gasteiger partial charge >= 0.3 is 0 Å². The van der Waals surface area contributed by atoms with Gasteiger partial charge in [0.05, 0.1) is 0 Å². The number of nitrogens with two attached hydrogens (primary N) is 1. The highest BCUT2D eigenvalue weighted by Crippen LogP contribution is 2.41. The minimum atomic E-state index is 0. The number of carbonyl (C=O) groups excluding carboxylic acids is 1. The summed E-state index contributed by atoms with van der Waals surface area (Å²) in [5.41, 5.74) is 7.49. The van der Waals surface area contributed by atoms with E-state index in [9.17, 15) is 4.79 Å². The molecule has 6 nitrogen and oxygen atoms in total. The van der Waals surface area contributed by atoms with Gasteiger partial charge in [-0.05, 0) is 62.3 Å². The van der Waals surface area contributed by atoms with Gasteiger partial charge in [-0.3, -0.25) is 4.79 Å². The lowest BCUT2D eigenvalue weighted by atomic mass is 9.65. The van der Waals surface area contributed by atoms with E-state index in [0.717, 1.165) is 50.4 Å². The maximum absolute atomic E-state index is 12.7. The zero-order valence-electron chi connectivity index (χ0n) is 17.7. The summed E-state index contributed by atoms with van der Waals surface area (Å²) in [5.74, 6) is 2.44. The second-order valence-electron chi connectivity index (χ2n) is 8.73. The lowest BCUT2D eigenvalue weighted by Gasteiger charge is -2.43. The number of pyridine rings is 1. The Kier molecular flexibility index (Phi) is 11.2. The molecule has 0 spiro atoms. The number of fused-ring (bicyclic) bond motifs is 2. The van der Waals surface area contributed by atoms with Crippen LogP contribution in [0.5, 0.6) is 0 Å². The number of hydrogen-bond acceptors (Lipinski definition) is 5. The van der Waals surface area contributed by atoms with Crippen LogP contribution >= 0.6 is 37.2 Å². The Balaban J connectivity index is 0.00000150. The quantitative estimate of drug-likeness (QED) is 0.693. The molecule has 1 aromatic heterocycles. The van der Waals surface area contributed by atoms with E-state index in [4.69, 9.17) is 5.73 Å². The van der Waals surface area contributed by atoms with Crippen LogP contribution in [0, 0.1) is 17.8 Å². The Bertz CT molecular complexity index is 658. The number of hydrogen-bond donors (Lipinski definition) is 2. The minimum absolute atomic E-state index is 0. The molecule has 0 aromatic carbocycles. The summed E-state index contributed by atoms with van der Waals surface area (Å²) in [5, 5.41) is 3.18. The number of rotatable bonds is 4. The molecule has 1 aliphatic heterocycles. The third-order valence-electron chi connectivity index (χ3n) is 6.89. The molecule has 2 saturated carbocycles. The predicted octanol–water partition coefficient (Wildman–Crippen LogP) is 2.87. The number of carbonyl (C=O) groups is 1. The van der Waals surface area contributed by atoms with Gasteiger partial charge in [-0.1, -0.05) is 6.42 Å². The Morgan fingerprint density at radius 3 is 2.40 bits per heavy atom. The molecular weight excluding hydrogens is 445 g/mol. The number of anilines is 1. The van der Waals surface area contributed by atoms with E-state index < -0.39 is 0 Å². The molecule has 2 atom stereocenters. The first-order chi connectivity index (χ1) is 13.1. The molecule has 3 N–H and O–H groups in total. The average molecular weight is 481 g/mol. The maximum atomic E-state index is 12.7. The fraction of sp³-hybridized carbons (Fsp3) is 0.714. The van der Waals surface area contributed by atoms with E-state index in [1.807, 2.05) is 12.3 Å². The van der Waals surface area contributed by atoms with Crippen molar-refractivity contribution in [2.24, 2.45) is 23.5 Å². The van der Waals surface area contributed by atoms with Crippen LogP contribution in [0.4, 0.5) is 5.82 Å². The molecule has 0 radical (unpaired) electrons. The normalized spacial score (nSPS) is 28.4. The minimum Gasteiger partial charge on any atom is -0.354 e. The molecule has 3 aliphatic rings. The van der Waals surface area contributed by atoms with E-state index >= 15 is 0 Å². The number of aromatic nitrogens is 1. The molecule has 2 unspecified atom stereocenters. The lowest BCUT2D eigenvalue weighted by molar-refractivity contribution is -0.128. The smallest absolute Gasteiger partial charge is 0.223 e. The van der Waals surface area contributed by atoms with Gasteiger partial charge in [0.15, 0.2) is 0 Å². The van der Waals surface area contributed by atoms with Gasteiger partial charge in [0.1, 0.15) is 5.82 Å². The molecule has 1 aromatic rings. The van der Waals surface area contributed by atoms with Crippen molar-refractivity contribution in [1.29, 1.82) is 0 Å². The molecular formula is C21H36Cl3N5O. The molecule has 2 heterocycles. The van der Waals surface area contributed by atoms with E-state index in [0.29, 0.717) is 24.4 Å². The first kappa shape index (κ1) is 27.2. The summed E-state index contributed by atoms with van der Waals surface area (Å²) < 4.78 is 0. The van der Waals surface area contributed by atoms with Gasteiger partial charge in [0.2, 0.25) is 5.91 Å². The molecule has 172 valence electrons. The monoisotopic (exact) mass is 479 g/mol. The molecule has 1 amide bonds. The van der Waals surface area contributed by atoms with Crippen LogP contribution in [0.2, 0.25) is 0 Å². The van der Waals surface area contributed by atoms with Crippen LogP contribution in [-0.2, 0) is 11.3 Å². The van der Waals surface area contributed by atoms with E-state index in [-0.39, 0.29) is 49.0 Å². The molecule has 30 heavy (non-hydrogen) atoms. The topological polar surface area (TPSA) is 74.5 Å². The van der Waals surface area contributed by atoms with Gasteiger partial charge in [0.25, 0.3) is 0 Å². The number of likely N-dealkylation sites (N-methyl/N-ethyl adjacent to an activating group) is 1. The molecule has 2 aliphatic carbocycles. The highest BCUT2D eigenvalue weighted by atomic mass is 35.5. The van der Waals surface area contributed by atoms with Crippen LogP contribution in [0.25, 0.3) is 0 Å². The largest absolute Gasteiger partial charge is 0.354 e. The summed E-state index contributed by atoms with van der Waals surface area (Å²) in [6.45, 7) is 4.72. The number of halogens is 3. The number of nitrogens with one attached hydrogen (secondary N) is 1. The highest BCUT2D eigenvalue weighted by Gasteiger charge is 2.40. The maximum Gasteiger partial charge on any atom is 0.223 e. The van der Waals surface area contributed by atoms with Crippen molar-refractivity contribution in [1.82, 2.24) is 15.2 Å². The van der Waals surface area contributed by atoms with Gasteiger partial charge in [0, 0.05) is 50.9 Å². The molecule has 1 saturated heterocycles. The Morgan fingerprint density at radius 1 is 1.13 bits per heavy atom. The molecule has 2 bridgehead atoms. The van der Waals surface area contributed by atoms with Crippen LogP contribution < -0.4 is 16.0 Å². The first-order valence-electron chi connectivity index (χ1n) is 10.5. The van der Waals surface area contributed by atoms with Gasteiger partial charge in [-0.2, -0.15) is 0 Å². The average Bonchev–Trinajstić information content (AvgIpc) is 2.67. The molecule has 9 heteroatoms. The fourth-order valence-electron chi connectivity index (χ4n) is 5.12. The van der Waals surface area contributed by atoms with Crippen molar-refractivity contribution in [2.75, 3.05) is 38.1 Å². The van der Waals surface area contributed by atoms with Crippen LogP contribution in [0.15, 0.2) is 18.3 Å². The Labute approximate surface area is 199 Å². The van der Waals surface area contributed by atoms with Gasteiger partial charge in [-0.15, -0.1) is 37.2 Å². The van der Waals surface area contributed by atoms with E-state index in [1.165, 1.54) is 19.3 Å². The number of piperazine rings is 1.